The molecule has 0 bridgehead atoms. The summed E-state index contributed by atoms with van der Waals surface area (Å²) in [5, 5.41) is 15.3. The van der Waals surface area contributed by atoms with Gasteiger partial charge in [0.05, 0.1) is 24.5 Å². The van der Waals surface area contributed by atoms with Crippen LogP contribution in [0.25, 0.3) is 0 Å². The molecule has 0 spiro atoms. The molecule has 0 saturated carbocycles. The minimum absolute atomic E-state index is 0.105. The maximum atomic E-state index is 13.0. The van der Waals surface area contributed by atoms with Crippen LogP contribution < -0.4 is 20.9 Å². The monoisotopic (exact) mass is 550 g/mol. The summed E-state index contributed by atoms with van der Waals surface area (Å²) in [5.41, 5.74) is -3.56. The van der Waals surface area contributed by atoms with E-state index in [-0.39, 0.29) is 11.4 Å². The molecular formula is C19H18F8N4O6. The minimum atomic E-state index is -6.05. The van der Waals surface area contributed by atoms with Crippen molar-refractivity contribution in [3.63, 3.8) is 0 Å². The van der Waals surface area contributed by atoms with Crippen LogP contribution in [0, 0.1) is 0 Å². The Balaban J connectivity index is 2.21. The number of carbonyl (C=O) groups is 4. The number of para-hydroxylation sites is 2. The van der Waals surface area contributed by atoms with Crippen LogP contribution in [-0.2, 0) is 19.1 Å². The third-order valence-electron chi connectivity index (χ3n) is 4.79. The normalized spacial score (nSPS) is 18.1. The Morgan fingerprint density at radius 3 is 2.24 bits per heavy atom. The highest BCUT2D eigenvalue weighted by Gasteiger charge is 2.58. The molecule has 1 heterocycles. The lowest BCUT2D eigenvalue weighted by atomic mass is 10.0. The first-order valence-electron chi connectivity index (χ1n) is 9.93. The lowest BCUT2D eigenvalue weighted by Crippen LogP contribution is -2.61. The van der Waals surface area contributed by atoms with Crippen molar-refractivity contribution in [3.8, 4) is 0 Å². The van der Waals surface area contributed by atoms with Crippen molar-refractivity contribution in [2.24, 2.45) is 0 Å². The molecule has 0 radical (unpaired) electrons. The average Bonchev–Trinajstić information content (AvgIpc) is 2.90. The summed E-state index contributed by atoms with van der Waals surface area (Å²) in [5.74, 6) is -10.3. The topological polar surface area (TPSA) is 137 Å². The Morgan fingerprint density at radius 2 is 1.68 bits per heavy atom. The van der Waals surface area contributed by atoms with Crippen molar-refractivity contribution in [2.75, 3.05) is 29.9 Å². The number of hydrogen-bond donors (Lipinski definition) is 4. The molecule has 0 aliphatic carbocycles. The maximum absolute atomic E-state index is 13.0. The van der Waals surface area contributed by atoms with Crippen molar-refractivity contribution in [2.45, 2.75) is 36.8 Å². The summed E-state index contributed by atoms with van der Waals surface area (Å²) in [4.78, 5) is 49.9. The van der Waals surface area contributed by atoms with Gasteiger partial charge in [0.1, 0.15) is 6.04 Å². The number of rotatable bonds is 6. The van der Waals surface area contributed by atoms with Crippen molar-refractivity contribution < 1.29 is 64.1 Å². The van der Waals surface area contributed by atoms with E-state index in [4.69, 9.17) is 0 Å². The number of aliphatic hydroxyl groups is 1. The van der Waals surface area contributed by atoms with Crippen LogP contribution in [0.2, 0.25) is 0 Å². The van der Waals surface area contributed by atoms with Crippen LogP contribution >= 0.6 is 0 Å². The highest BCUT2D eigenvalue weighted by Crippen LogP contribution is 2.35. The van der Waals surface area contributed by atoms with Gasteiger partial charge in [-0.3, -0.25) is 19.3 Å². The Bertz CT molecular complexity index is 1060. The molecule has 18 heteroatoms. The summed E-state index contributed by atoms with van der Waals surface area (Å²) in [6, 6.07) is 3.31. The standard InChI is InChI=1S/C19H18F8N4O6/c1-16(36,13(33)28-7-17(20,21)19(25,26)27)14(34)30-10-6-31(15(35)37-8-18(22,23)24)11-5-3-2-4-9(11)29-12(10)32/h2-5,10,36H,6-8H2,1H3,(H,28,33)(H,29,32)(H,30,34)/t10-,16?/m0/s1. The van der Waals surface area contributed by atoms with Crippen LogP contribution in [0.15, 0.2) is 24.3 Å². The van der Waals surface area contributed by atoms with Gasteiger partial charge >= 0.3 is 24.4 Å². The molecule has 1 aliphatic rings. The molecule has 1 unspecified atom stereocenters. The summed E-state index contributed by atoms with van der Waals surface area (Å²) < 4.78 is 105. The zero-order chi connectivity index (χ0) is 28.4. The van der Waals surface area contributed by atoms with Gasteiger partial charge in [-0.2, -0.15) is 35.1 Å². The van der Waals surface area contributed by atoms with Gasteiger partial charge in [-0.15, -0.1) is 0 Å². The molecule has 37 heavy (non-hydrogen) atoms. The van der Waals surface area contributed by atoms with Gasteiger partial charge in [0.25, 0.3) is 11.8 Å². The number of alkyl halides is 8. The zero-order valence-corrected chi connectivity index (χ0v) is 18.5. The van der Waals surface area contributed by atoms with Crippen molar-refractivity contribution in [3.05, 3.63) is 24.3 Å². The summed E-state index contributed by atoms with van der Waals surface area (Å²) >= 11 is 0. The Labute approximate surface area is 201 Å². The minimum Gasteiger partial charge on any atom is -0.439 e. The quantitative estimate of drug-likeness (QED) is 0.315. The molecule has 1 aromatic carbocycles. The summed E-state index contributed by atoms with van der Waals surface area (Å²) in [6.07, 6.45) is -12.6. The number of amides is 4. The first-order chi connectivity index (χ1) is 16.8. The van der Waals surface area contributed by atoms with Crippen LogP contribution in [0.3, 0.4) is 0 Å². The molecule has 2 rings (SSSR count). The van der Waals surface area contributed by atoms with E-state index in [0.29, 0.717) is 11.8 Å². The molecule has 1 aromatic rings. The SMILES string of the molecule is CC(O)(C(=O)NCC(F)(F)C(F)(F)F)C(=O)N[C@H]1CN(C(=O)OCC(F)(F)F)c2ccccc2NC1=O. The van der Waals surface area contributed by atoms with E-state index in [0.717, 1.165) is 5.32 Å². The van der Waals surface area contributed by atoms with Gasteiger partial charge in [0.15, 0.2) is 6.61 Å². The Hall–Kier alpha value is -3.70. The first kappa shape index (κ1) is 29.5. The zero-order valence-electron chi connectivity index (χ0n) is 18.5. The fraction of sp³-hybridized carbons (Fsp3) is 0.474. The molecule has 4 N–H and O–H groups in total. The third-order valence-corrected chi connectivity index (χ3v) is 4.79. The summed E-state index contributed by atoms with van der Waals surface area (Å²) in [6.45, 7) is -4.80. The lowest BCUT2D eigenvalue weighted by molar-refractivity contribution is -0.278. The molecule has 2 atom stereocenters. The van der Waals surface area contributed by atoms with E-state index < -0.39 is 73.4 Å². The number of benzene rings is 1. The van der Waals surface area contributed by atoms with E-state index in [9.17, 15) is 59.4 Å². The third kappa shape index (κ3) is 7.17. The predicted molar refractivity (Wildman–Crippen MR) is 106 cm³/mol. The number of nitrogens with one attached hydrogen (secondary N) is 3. The van der Waals surface area contributed by atoms with E-state index in [1.54, 1.807) is 5.32 Å². The highest BCUT2D eigenvalue weighted by atomic mass is 19.4. The van der Waals surface area contributed by atoms with E-state index >= 15 is 0 Å². The predicted octanol–water partition coefficient (Wildman–Crippen LogP) is 1.69. The number of nitrogens with zero attached hydrogens (tertiary/aromatic N) is 1. The van der Waals surface area contributed by atoms with Gasteiger partial charge in [0.2, 0.25) is 11.5 Å². The van der Waals surface area contributed by atoms with Crippen molar-refractivity contribution >= 4 is 35.2 Å². The molecule has 0 fully saturated rings. The highest BCUT2D eigenvalue weighted by molar-refractivity contribution is 6.10. The number of ether oxygens (including phenoxy) is 1. The Kier molecular flexibility index (Phi) is 8.26. The number of carbonyl (C=O) groups excluding carboxylic acids is 4. The molecule has 0 aromatic heterocycles. The number of hydrogen-bond acceptors (Lipinski definition) is 6. The van der Waals surface area contributed by atoms with Gasteiger partial charge in [-0.1, -0.05) is 12.1 Å². The molecule has 0 saturated heterocycles. The second kappa shape index (κ2) is 10.3. The van der Waals surface area contributed by atoms with Gasteiger partial charge in [-0.25, -0.2) is 4.79 Å². The largest absolute Gasteiger partial charge is 0.455 e. The van der Waals surface area contributed by atoms with Gasteiger partial charge < -0.3 is 25.8 Å². The van der Waals surface area contributed by atoms with E-state index in [1.165, 1.54) is 24.3 Å². The van der Waals surface area contributed by atoms with Crippen LogP contribution in [-0.4, -0.2) is 78.5 Å². The molecule has 206 valence electrons. The van der Waals surface area contributed by atoms with E-state index in [1.807, 2.05) is 0 Å². The summed E-state index contributed by atoms with van der Waals surface area (Å²) in [7, 11) is 0. The Morgan fingerprint density at radius 1 is 1.08 bits per heavy atom. The molecule has 1 aliphatic heterocycles. The van der Waals surface area contributed by atoms with Gasteiger partial charge in [-0.05, 0) is 19.1 Å². The second-order valence-electron chi connectivity index (χ2n) is 7.77. The van der Waals surface area contributed by atoms with Crippen LogP contribution in [0.5, 0.6) is 0 Å². The smallest absolute Gasteiger partial charge is 0.439 e. The average molecular weight is 550 g/mol. The number of anilines is 2. The number of halogens is 8. The number of fused-ring (bicyclic) bond motifs is 1. The maximum Gasteiger partial charge on any atom is 0.455 e. The van der Waals surface area contributed by atoms with E-state index in [2.05, 4.69) is 10.1 Å². The molecular weight excluding hydrogens is 532 g/mol. The fourth-order valence-corrected chi connectivity index (χ4v) is 2.77. The van der Waals surface area contributed by atoms with Crippen LogP contribution in [0.4, 0.5) is 51.3 Å². The van der Waals surface area contributed by atoms with Crippen molar-refractivity contribution in [1.82, 2.24) is 10.6 Å². The second-order valence-corrected chi connectivity index (χ2v) is 7.77. The fourth-order valence-electron chi connectivity index (χ4n) is 2.77. The molecule has 4 amide bonds. The lowest BCUT2D eigenvalue weighted by Gasteiger charge is -2.28. The van der Waals surface area contributed by atoms with Crippen LogP contribution in [0.1, 0.15) is 6.92 Å². The van der Waals surface area contributed by atoms with Gasteiger partial charge in [0, 0.05) is 0 Å². The van der Waals surface area contributed by atoms with Crippen molar-refractivity contribution in [1.29, 1.82) is 0 Å². The first-order valence-corrected chi connectivity index (χ1v) is 9.93. The molecule has 10 nitrogen and oxygen atoms in total.